The molecule has 0 spiro atoms. The van der Waals surface area contributed by atoms with E-state index < -0.39 is 24.5 Å². The summed E-state index contributed by atoms with van der Waals surface area (Å²) in [5, 5.41) is 0. The van der Waals surface area contributed by atoms with Crippen molar-refractivity contribution in [2.75, 3.05) is 6.61 Å². The number of carbonyl (C=O) groups is 2. The molecule has 6 nitrogen and oxygen atoms in total. The van der Waals surface area contributed by atoms with Gasteiger partial charge in [0.25, 0.3) is 0 Å². The number of ether oxygens (including phenoxy) is 4. The van der Waals surface area contributed by atoms with Crippen molar-refractivity contribution in [1.29, 1.82) is 0 Å². The van der Waals surface area contributed by atoms with E-state index in [-0.39, 0.29) is 6.10 Å². The third kappa shape index (κ3) is 10.5. The predicted octanol–water partition coefficient (Wildman–Crippen LogP) is 6.01. The Morgan fingerprint density at radius 1 is 0.889 bits per heavy atom. The standard InChI is InChI=1S/C21H38O6/c1-5-7-8-12-17(11-6-2)15-24-20(22)26-18-13-9-10-14-19(18)27-21(23)25-16(3)4/h16-19H,5-15H2,1-4H3. The molecular weight excluding hydrogens is 348 g/mol. The molecule has 1 aliphatic rings. The number of carbonyl (C=O) groups excluding carboxylic acids is 2. The van der Waals surface area contributed by atoms with Gasteiger partial charge in [0.2, 0.25) is 0 Å². The third-order valence-corrected chi connectivity index (χ3v) is 4.82. The Balaban J connectivity index is 2.43. The van der Waals surface area contributed by atoms with Crippen LogP contribution in [-0.4, -0.2) is 37.2 Å². The average molecular weight is 387 g/mol. The Hall–Kier alpha value is -1.46. The van der Waals surface area contributed by atoms with Crippen LogP contribution in [0.5, 0.6) is 0 Å². The van der Waals surface area contributed by atoms with Gasteiger partial charge in [0.05, 0.1) is 12.7 Å². The van der Waals surface area contributed by atoms with E-state index in [0.29, 0.717) is 25.4 Å². The molecule has 0 saturated heterocycles. The highest BCUT2D eigenvalue weighted by molar-refractivity contribution is 5.61. The second kappa shape index (κ2) is 13.7. The molecule has 1 fully saturated rings. The van der Waals surface area contributed by atoms with Gasteiger partial charge in [-0.2, -0.15) is 0 Å². The number of unbranched alkanes of at least 4 members (excludes halogenated alkanes) is 2. The number of hydrogen-bond donors (Lipinski definition) is 0. The molecule has 0 bridgehead atoms. The molecule has 0 aliphatic heterocycles. The van der Waals surface area contributed by atoms with Crippen molar-refractivity contribution >= 4 is 12.3 Å². The number of rotatable bonds is 11. The van der Waals surface area contributed by atoms with E-state index in [0.717, 1.165) is 38.5 Å². The fourth-order valence-electron chi connectivity index (χ4n) is 3.42. The molecular formula is C21H38O6. The van der Waals surface area contributed by atoms with E-state index in [9.17, 15) is 9.59 Å². The molecule has 0 aromatic carbocycles. The van der Waals surface area contributed by atoms with Gasteiger partial charge in [0.1, 0.15) is 12.2 Å². The normalized spacial score (nSPS) is 20.8. The molecule has 0 aromatic heterocycles. The Bertz CT molecular complexity index is 423. The smallest absolute Gasteiger partial charge is 0.434 e. The van der Waals surface area contributed by atoms with Crippen molar-refractivity contribution in [1.82, 2.24) is 0 Å². The molecule has 0 amide bonds. The van der Waals surface area contributed by atoms with E-state index in [2.05, 4.69) is 13.8 Å². The maximum atomic E-state index is 12.1. The van der Waals surface area contributed by atoms with Crippen LogP contribution in [0.2, 0.25) is 0 Å². The molecule has 0 N–H and O–H groups in total. The van der Waals surface area contributed by atoms with E-state index >= 15 is 0 Å². The molecule has 0 heterocycles. The Morgan fingerprint density at radius 2 is 1.52 bits per heavy atom. The highest BCUT2D eigenvalue weighted by Gasteiger charge is 2.32. The summed E-state index contributed by atoms with van der Waals surface area (Å²) < 4.78 is 21.2. The summed E-state index contributed by atoms with van der Waals surface area (Å²) in [4.78, 5) is 23.9. The average Bonchev–Trinajstić information content (AvgIpc) is 2.61. The fourth-order valence-corrected chi connectivity index (χ4v) is 3.42. The van der Waals surface area contributed by atoms with Crippen LogP contribution in [0.15, 0.2) is 0 Å². The van der Waals surface area contributed by atoms with Crippen molar-refractivity contribution in [3.8, 4) is 0 Å². The second-order valence-electron chi connectivity index (χ2n) is 7.73. The summed E-state index contributed by atoms with van der Waals surface area (Å²) >= 11 is 0. The van der Waals surface area contributed by atoms with Crippen molar-refractivity contribution in [3.05, 3.63) is 0 Å². The minimum atomic E-state index is -0.710. The van der Waals surface area contributed by atoms with Crippen LogP contribution in [-0.2, 0) is 18.9 Å². The van der Waals surface area contributed by atoms with E-state index in [1.54, 1.807) is 13.8 Å². The minimum absolute atomic E-state index is 0.242. The van der Waals surface area contributed by atoms with Crippen LogP contribution in [0, 0.1) is 5.92 Å². The second-order valence-corrected chi connectivity index (χ2v) is 7.73. The van der Waals surface area contributed by atoms with Gasteiger partial charge in [-0.05, 0) is 58.3 Å². The van der Waals surface area contributed by atoms with E-state index in [4.69, 9.17) is 18.9 Å². The first-order valence-electron chi connectivity index (χ1n) is 10.7. The van der Waals surface area contributed by atoms with Crippen LogP contribution < -0.4 is 0 Å². The molecule has 0 radical (unpaired) electrons. The predicted molar refractivity (Wildman–Crippen MR) is 104 cm³/mol. The van der Waals surface area contributed by atoms with Crippen molar-refractivity contribution in [3.63, 3.8) is 0 Å². The van der Waals surface area contributed by atoms with Gasteiger partial charge >= 0.3 is 12.3 Å². The summed E-state index contributed by atoms with van der Waals surface area (Å²) in [7, 11) is 0. The molecule has 3 atom stereocenters. The van der Waals surface area contributed by atoms with Gasteiger partial charge in [0, 0.05) is 0 Å². The first kappa shape index (κ1) is 23.6. The lowest BCUT2D eigenvalue weighted by atomic mass is 9.94. The summed E-state index contributed by atoms with van der Waals surface area (Å²) in [5.41, 5.74) is 0. The summed E-state index contributed by atoms with van der Waals surface area (Å²) in [5.74, 6) is 0.383. The van der Waals surface area contributed by atoms with Gasteiger partial charge in [-0.1, -0.05) is 39.5 Å². The van der Waals surface area contributed by atoms with Gasteiger partial charge < -0.3 is 18.9 Å². The zero-order valence-electron chi connectivity index (χ0n) is 17.5. The lowest BCUT2D eigenvalue weighted by Crippen LogP contribution is -2.38. The lowest BCUT2D eigenvalue weighted by Gasteiger charge is -2.30. The molecule has 3 unspecified atom stereocenters. The van der Waals surface area contributed by atoms with Gasteiger partial charge in [-0.3, -0.25) is 0 Å². The highest BCUT2D eigenvalue weighted by Crippen LogP contribution is 2.25. The molecule has 1 rings (SSSR count). The topological polar surface area (TPSA) is 71.1 Å². The summed E-state index contributed by atoms with van der Waals surface area (Å²) in [6.07, 6.45) is 7.42. The third-order valence-electron chi connectivity index (χ3n) is 4.82. The Morgan fingerprint density at radius 3 is 2.07 bits per heavy atom. The molecule has 6 heteroatoms. The maximum absolute atomic E-state index is 12.1. The molecule has 0 aromatic rings. The minimum Gasteiger partial charge on any atom is -0.434 e. The van der Waals surface area contributed by atoms with Crippen LogP contribution in [0.1, 0.15) is 91.9 Å². The fraction of sp³-hybridized carbons (Fsp3) is 0.905. The molecule has 1 saturated carbocycles. The first-order chi connectivity index (χ1) is 13.0. The van der Waals surface area contributed by atoms with Crippen LogP contribution in [0.4, 0.5) is 9.59 Å². The lowest BCUT2D eigenvalue weighted by molar-refractivity contribution is -0.0768. The highest BCUT2D eigenvalue weighted by atomic mass is 16.8. The van der Waals surface area contributed by atoms with Gasteiger partial charge in [0.15, 0.2) is 0 Å². The summed E-state index contributed by atoms with van der Waals surface area (Å²) in [6, 6.07) is 0. The van der Waals surface area contributed by atoms with Crippen molar-refractivity contribution < 1.29 is 28.5 Å². The SMILES string of the molecule is CCCCCC(CCC)COC(=O)OC1CCCCC1OC(=O)OC(C)C. The molecule has 27 heavy (non-hydrogen) atoms. The molecule has 158 valence electrons. The summed E-state index contributed by atoms with van der Waals surface area (Å²) in [6.45, 7) is 8.25. The van der Waals surface area contributed by atoms with Gasteiger partial charge in [-0.25, -0.2) is 9.59 Å². The molecule has 1 aliphatic carbocycles. The maximum Gasteiger partial charge on any atom is 0.508 e. The zero-order chi connectivity index (χ0) is 20.1. The van der Waals surface area contributed by atoms with E-state index in [1.807, 2.05) is 0 Å². The number of hydrogen-bond acceptors (Lipinski definition) is 6. The monoisotopic (exact) mass is 386 g/mol. The quantitative estimate of drug-likeness (QED) is 0.320. The first-order valence-corrected chi connectivity index (χ1v) is 10.7. The largest absolute Gasteiger partial charge is 0.508 e. The van der Waals surface area contributed by atoms with Gasteiger partial charge in [-0.15, -0.1) is 0 Å². The van der Waals surface area contributed by atoms with Crippen molar-refractivity contribution in [2.24, 2.45) is 5.92 Å². The van der Waals surface area contributed by atoms with Crippen LogP contribution in [0.25, 0.3) is 0 Å². The Labute approximate surface area is 164 Å². The Kier molecular flexibility index (Phi) is 11.9. The van der Waals surface area contributed by atoms with Crippen molar-refractivity contribution in [2.45, 2.75) is 110 Å². The van der Waals surface area contributed by atoms with Crippen LogP contribution >= 0.6 is 0 Å². The van der Waals surface area contributed by atoms with Crippen LogP contribution in [0.3, 0.4) is 0 Å². The van der Waals surface area contributed by atoms with E-state index in [1.165, 1.54) is 12.8 Å². The zero-order valence-corrected chi connectivity index (χ0v) is 17.5.